The standard InChI is InChI=1S/C16H13N5O4/c1-20-13-5-3-2-4-12(13)14(15(20)22)18-19-16(23)17-10-6-8-11(9-7-10)21(24)25/h2-9,22H,1H3,(H,17,23). The summed E-state index contributed by atoms with van der Waals surface area (Å²) in [5.41, 5.74) is 1.21. The Morgan fingerprint density at radius 2 is 1.88 bits per heavy atom. The van der Waals surface area contributed by atoms with Crippen LogP contribution >= 0.6 is 0 Å². The van der Waals surface area contributed by atoms with Gasteiger partial charge < -0.3 is 15.0 Å². The molecule has 0 aliphatic carbocycles. The number of benzene rings is 2. The molecule has 2 aromatic carbocycles. The summed E-state index contributed by atoms with van der Waals surface area (Å²) in [6, 6.07) is 11.7. The molecule has 0 unspecified atom stereocenters. The van der Waals surface area contributed by atoms with Crippen molar-refractivity contribution in [2.75, 3.05) is 5.32 Å². The molecule has 0 bridgehead atoms. The number of rotatable bonds is 3. The number of amides is 2. The van der Waals surface area contributed by atoms with Gasteiger partial charge in [0.25, 0.3) is 5.69 Å². The smallest absolute Gasteiger partial charge is 0.364 e. The molecule has 0 saturated heterocycles. The number of carbonyl (C=O) groups excluding carboxylic acids is 1. The van der Waals surface area contributed by atoms with Crippen LogP contribution in [0.15, 0.2) is 58.8 Å². The second-order valence-corrected chi connectivity index (χ2v) is 5.18. The maximum atomic E-state index is 11.9. The number of non-ortho nitro benzene ring substituents is 1. The van der Waals surface area contributed by atoms with Crippen molar-refractivity contribution in [2.24, 2.45) is 17.3 Å². The number of nitrogens with one attached hydrogen (secondary N) is 1. The fourth-order valence-electron chi connectivity index (χ4n) is 2.37. The van der Waals surface area contributed by atoms with Crippen LogP contribution in [-0.2, 0) is 7.05 Å². The number of nitrogens with zero attached hydrogens (tertiary/aromatic N) is 4. The van der Waals surface area contributed by atoms with Crippen LogP contribution in [0.4, 0.5) is 21.9 Å². The summed E-state index contributed by atoms with van der Waals surface area (Å²) in [5, 5.41) is 31.2. The van der Waals surface area contributed by atoms with Crippen molar-refractivity contribution in [3.63, 3.8) is 0 Å². The first-order chi connectivity index (χ1) is 12.0. The minimum Gasteiger partial charge on any atom is -0.493 e. The van der Waals surface area contributed by atoms with E-state index in [1.807, 2.05) is 12.1 Å². The van der Waals surface area contributed by atoms with Gasteiger partial charge in [0.2, 0.25) is 5.88 Å². The Balaban J connectivity index is 1.79. The van der Waals surface area contributed by atoms with E-state index in [4.69, 9.17) is 0 Å². The second kappa shape index (κ2) is 6.40. The van der Waals surface area contributed by atoms with Crippen LogP contribution in [0.3, 0.4) is 0 Å². The van der Waals surface area contributed by atoms with Gasteiger partial charge in [-0.05, 0) is 18.2 Å². The van der Waals surface area contributed by atoms with Gasteiger partial charge in [-0.1, -0.05) is 23.3 Å². The molecule has 3 aromatic rings. The average Bonchev–Trinajstić information content (AvgIpc) is 2.85. The molecule has 9 nitrogen and oxygen atoms in total. The lowest BCUT2D eigenvalue weighted by molar-refractivity contribution is -0.384. The van der Waals surface area contributed by atoms with Crippen molar-refractivity contribution in [1.29, 1.82) is 0 Å². The van der Waals surface area contributed by atoms with E-state index >= 15 is 0 Å². The van der Waals surface area contributed by atoms with Gasteiger partial charge in [-0.25, -0.2) is 4.79 Å². The number of urea groups is 1. The van der Waals surface area contributed by atoms with E-state index in [0.717, 1.165) is 5.52 Å². The van der Waals surface area contributed by atoms with Crippen molar-refractivity contribution in [3.8, 4) is 5.88 Å². The largest absolute Gasteiger partial charge is 0.493 e. The molecule has 2 N–H and O–H groups in total. The second-order valence-electron chi connectivity index (χ2n) is 5.18. The lowest BCUT2D eigenvalue weighted by Crippen LogP contribution is -2.05. The molecule has 2 amide bonds. The van der Waals surface area contributed by atoms with Crippen molar-refractivity contribution in [2.45, 2.75) is 0 Å². The lowest BCUT2D eigenvalue weighted by atomic mass is 10.2. The van der Waals surface area contributed by atoms with Crippen LogP contribution in [-0.4, -0.2) is 20.6 Å². The number of aromatic nitrogens is 1. The van der Waals surface area contributed by atoms with Crippen molar-refractivity contribution < 1.29 is 14.8 Å². The molecule has 0 radical (unpaired) electrons. The summed E-state index contributed by atoms with van der Waals surface area (Å²) in [6.45, 7) is 0. The van der Waals surface area contributed by atoms with Crippen molar-refractivity contribution in [3.05, 3.63) is 58.6 Å². The number of azo groups is 1. The molecule has 3 rings (SSSR count). The summed E-state index contributed by atoms with van der Waals surface area (Å²) in [4.78, 5) is 21.9. The van der Waals surface area contributed by atoms with Gasteiger partial charge in [-0.2, -0.15) is 0 Å². The van der Waals surface area contributed by atoms with E-state index in [-0.39, 0.29) is 17.3 Å². The van der Waals surface area contributed by atoms with Gasteiger partial charge in [0.15, 0.2) is 5.69 Å². The highest BCUT2D eigenvalue weighted by atomic mass is 16.6. The topological polar surface area (TPSA) is 122 Å². The summed E-state index contributed by atoms with van der Waals surface area (Å²) in [7, 11) is 1.67. The van der Waals surface area contributed by atoms with Crippen molar-refractivity contribution >= 4 is 34.0 Å². The Kier molecular flexibility index (Phi) is 4.12. The molecule has 1 aromatic heterocycles. The molecule has 0 fully saturated rings. The fraction of sp³-hybridized carbons (Fsp3) is 0.0625. The predicted octanol–water partition coefficient (Wildman–Crippen LogP) is 4.11. The summed E-state index contributed by atoms with van der Waals surface area (Å²) >= 11 is 0. The van der Waals surface area contributed by atoms with E-state index in [0.29, 0.717) is 11.1 Å². The Hall–Kier alpha value is -3.75. The maximum Gasteiger partial charge on any atom is 0.364 e. The number of nitro benzene ring substituents is 1. The van der Waals surface area contributed by atoms with Gasteiger partial charge in [-0.3, -0.25) is 10.1 Å². The molecular weight excluding hydrogens is 326 g/mol. The van der Waals surface area contributed by atoms with Crippen LogP contribution in [0, 0.1) is 10.1 Å². The number of hydrogen-bond donors (Lipinski definition) is 2. The van der Waals surface area contributed by atoms with Gasteiger partial charge in [0.1, 0.15) is 0 Å². The average molecular weight is 339 g/mol. The molecule has 0 saturated carbocycles. The van der Waals surface area contributed by atoms with Gasteiger partial charge in [0, 0.05) is 30.3 Å². The first-order valence-corrected chi connectivity index (χ1v) is 7.21. The van der Waals surface area contributed by atoms with Crippen LogP contribution in [0.1, 0.15) is 0 Å². The molecule has 126 valence electrons. The summed E-state index contributed by atoms with van der Waals surface area (Å²) in [5.74, 6) is -0.104. The Morgan fingerprint density at radius 3 is 2.56 bits per heavy atom. The normalized spacial score (nSPS) is 11.1. The zero-order chi connectivity index (χ0) is 18.0. The van der Waals surface area contributed by atoms with Crippen molar-refractivity contribution in [1.82, 2.24) is 4.57 Å². The van der Waals surface area contributed by atoms with E-state index in [9.17, 15) is 20.0 Å². The third-order valence-electron chi connectivity index (χ3n) is 3.62. The zero-order valence-electron chi connectivity index (χ0n) is 13.1. The molecular formula is C16H13N5O4. The predicted molar refractivity (Wildman–Crippen MR) is 91.2 cm³/mol. The molecule has 1 heterocycles. The minimum absolute atomic E-state index is 0.0831. The van der Waals surface area contributed by atoms with E-state index in [1.54, 1.807) is 19.2 Å². The van der Waals surface area contributed by atoms with Crippen LogP contribution < -0.4 is 5.32 Å². The molecule has 0 spiro atoms. The maximum absolute atomic E-state index is 11.9. The highest BCUT2D eigenvalue weighted by Gasteiger charge is 2.14. The quantitative estimate of drug-likeness (QED) is 0.423. The highest BCUT2D eigenvalue weighted by molar-refractivity contribution is 5.95. The zero-order valence-corrected chi connectivity index (χ0v) is 13.1. The first kappa shape index (κ1) is 16.1. The lowest BCUT2D eigenvalue weighted by Gasteiger charge is -2.00. The monoisotopic (exact) mass is 339 g/mol. The van der Waals surface area contributed by atoms with E-state index in [2.05, 4.69) is 15.5 Å². The van der Waals surface area contributed by atoms with Gasteiger partial charge in [0.05, 0.1) is 10.4 Å². The number of para-hydroxylation sites is 1. The van der Waals surface area contributed by atoms with Crippen LogP contribution in [0.2, 0.25) is 0 Å². The number of nitro groups is 1. The molecule has 0 aliphatic rings. The van der Waals surface area contributed by atoms with Gasteiger partial charge in [-0.15, -0.1) is 5.11 Å². The Morgan fingerprint density at radius 1 is 1.20 bits per heavy atom. The molecule has 0 atom stereocenters. The summed E-state index contributed by atoms with van der Waals surface area (Å²) < 4.78 is 1.54. The Bertz CT molecular complexity index is 992. The first-order valence-electron chi connectivity index (χ1n) is 7.21. The van der Waals surface area contributed by atoms with Crippen LogP contribution in [0.25, 0.3) is 10.9 Å². The number of hydrogen-bond acceptors (Lipinski definition) is 5. The minimum atomic E-state index is -0.763. The number of aryl methyl sites for hydroxylation is 1. The Labute approximate surface area is 141 Å². The number of anilines is 1. The van der Waals surface area contributed by atoms with Gasteiger partial charge >= 0.3 is 6.03 Å². The molecule has 9 heteroatoms. The SMILES string of the molecule is Cn1c(O)c(N=NC(=O)Nc2ccc([N+](=O)[O-])cc2)c2ccccc21. The number of aromatic hydroxyl groups is 1. The molecule has 25 heavy (non-hydrogen) atoms. The third-order valence-corrected chi connectivity index (χ3v) is 3.62. The van der Waals surface area contributed by atoms with E-state index in [1.165, 1.54) is 28.8 Å². The fourth-order valence-corrected chi connectivity index (χ4v) is 2.37. The molecule has 0 aliphatic heterocycles. The van der Waals surface area contributed by atoms with Crippen LogP contribution in [0.5, 0.6) is 5.88 Å². The third kappa shape index (κ3) is 3.15. The summed E-state index contributed by atoms with van der Waals surface area (Å²) in [6.07, 6.45) is 0. The number of fused-ring (bicyclic) bond motifs is 1. The van der Waals surface area contributed by atoms with E-state index < -0.39 is 11.0 Å². The number of carbonyl (C=O) groups is 1. The highest BCUT2D eigenvalue weighted by Crippen LogP contribution is 2.37.